The minimum absolute atomic E-state index is 0.268. The summed E-state index contributed by atoms with van der Waals surface area (Å²) >= 11 is 0. The zero-order valence-electron chi connectivity index (χ0n) is 8.76. The van der Waals surface area contributed by atoms with Crippen LogP contribution in [0.25, 0.3) is 10.9 Å². The van der Waals surface area contributed by atoms with Crippen LogP contribution in [0.1, 0.15) is 10.4 Å². The summed E-state index contributed by atoms with van der Waals surface area (Å²) in [7, 11) is 0. The lowest BCUT2D eigenvalue weighted by Crippen LogP contribution is -2.31. The fourth-order valence-corrected chi connectivity index (χ4v) is 1.36. The van der Waals surface area contributed by atoms with Crippen LogP contribution in [0.5, 0.6) is 0 Å². The molecule has 0 aliphatic heterocycles. The number of amides is 1. The number of halogens is 1. The van der Waals surface area contributed by atoms with Gasteiger partial charge in [-0.15, -0.1) is 0 Å². The van der Waals surface area contributed by atoms with E-state index >= 15 is 0 Å². The fraction of sp³-hybridized carbons (Fsp3) is 0.0909. The number of nitrogens with two attached hydrogens (primary N) is 1. The molecule has 0 aliphatic carbocycles. The Morgan fingerprint density at radius 2 is 2.24 bits per heavy atom. The largest absolute Gasteiger partial charge is 0.277 e. The second kappa shape index (κ2) is 4.86. The van der Waals surface area contributed by atoms with Crippen molar-refractivity contribution in [3.05, 3.63) is 42.1 Å². The van der Waals surface area contributed by atoms with Gasteiger partial charge in [-0.1, -0.05) is 18.2 Å². The molecule has 2 rings (SSSR count). The number of hydrogen-bond acceptors (Lipinski definition) is 4. The molecule has 0 spiro atoms. The maximum absolute atomic E-state index is 12.2. The topological polar surface area (TPSA) is 77.2 Å². The minimum atomic E-state index is -2.05. The zero-order valence-corrected chi connectivity index (χ0v) is 8.76. The van der Waals surface area contributed by atoms with Gasteiger partial charge in [-0.05, 0) is 12.1 Å². The van der Waals surface area contributed by atoms with Gasteiger partial charge in [0.05, 0.1) is 11.1 Å². The summed E-state index contributed by atoms with van der Waals surface area (Å²) in [6, 6.07) is 8.95. The summed E-state index contributed by atoms with van der Waals surface area (Å²) in [6.07, 6.45) is 1.38. The number of carbonyl (C=O) groups excluding carboxylic acids is 1. The lowest BCUT2D eigenvalue weighted by molar-refractivity contribution is -0.0797. The van der Waals surface area contributed by atoms with E-state index in [0.29, 0.717) is 0 Å². The second-order valence-electron chi connectivity index (χ2n) is 3.32. The molecule has 1 amide bonds. The Morgan fingerprint density at radius 1 is 1.47 bits per heavy atom. The normalized spacial score (nSPS) is 12.4. The van der Waals surface area contributed by atoms with E-state index < -0.39 is 12.4 Å². The molecule has 2 aromatic rings. The molecule has 3 N–H and O–H groups in total. The summed E-state index contributed by atoms with van der Waals surface area (Å²) in [5, 5.41) is 0.810. The van der Waals surface area contributed by atoms with Crippen LogP contribution in [0.4, 0.5) is 4.39 Å². The van der Waals surface area contributed by atoms with Gasteiger partial charge in [0.1, 0.15) is 0 Å². The van der Waals surface area contributed by atoms with Crippen molar-refractivity contribution < 1.29 is 14.0 Å². The van der Waals surface area contributed by atoms with Crippen molar-refractivity contribution in [1.82, 2.24) is 10.5 Å². The van der Waals surface area contributed by atoms with Crippen LogP contribution < -0.4 is 11.2 Å². The van der Waals surface area contributed by atoms with Crippen LogP contribution in [0.3, 0.4) is 0 Å². The summed E-state index contributed by atoms with van der Waals surface area (Å²) in [5.74, 6) is -0.601. The summed E-state index contributed by atoms with van der Waals surface area (Å²) in [6.45, 7) is -2.05. The van der Waals surface area contributed by atoms with Crippen molar-refractivity contribution in [2.24, 2.45) is 5.73 Å². The Morgan fingerprint density at radius 3 is 3.00 bits per heavy atom. The number of alkyl halides is 1. The molecule has 6 heteroatoms. The molecular formula is C11H10FN3O2. The molecular weight excluding hydrogens is 225 g/mol. The van der Waals surface area contributed by atoms with Crippen molar-refractivity contribution in [3.8, 4) is 0 Å². The van der Waals surface area contributed by atoms with Gasteiger partial charge in [0.2, 0.25) is 0 Å². The number of hydrogen-bond donors (Lipinski definition) is 2. The van der Waals surface area contributed by atoms with E-state index in [1.165, 1.54) is 6.20 Å². The van der Waals surface area contributed by atoms with Crippen LogP contribution >= 0.6 is 0 Å². The van der Waals surface area contributed by atoms with Gasteiger partial charge in [-0.3, -0.25) is 15.5 Å². The second-order valence-corrected chi connectivity index (χ2v) is 3.32. The predicted molar refractivity (Wildman–Crippen MR) is 59.4 cm³/mol. The minimum Gasteiger partial charge on any atom is -0.277 e. The Kier molecular flexibility index (Phi) is 3.27. The molecule has 5 nitrogen and oxygen atoms in total. The summed E-state index contributed by atoms with van der Waals surface area (Å²) in [4.78, 5) is 19.7. The SMILES string of the molecule is NC(F)ONC(=O)c1cnc2ccccc2c1. The van der Waals surface area contributed by atoms with Crippen LogP contribution in [-0.4, -0.2) is 17.4 Å². The maximum atomic E-state index is 12.2. The summed E-state index contributed by atoms with van der Waals surface area (Å²) in [5.41, 5.74) is 7.61. The Labute approximate surface area is 96.3 Å². The number of carbonyl (C=O) groups is 1. The van der Waals surface area contributed by atoms with E-state index in [0.717, 1.165) is 10.9 Å². The van der Waals surface area contributed by atoms with Crippen LogP contribution in [-0.2, 0) is 4.84 Å². The number of nitrogens with one attached hydrogen (secondary N) is 1. The molecule has 1 unspecified atom stereocenters. The van der Waals surface area contributed by atoms with E-state index in [2.05, 4.69) is 9.82 Å². The molecule has 1 atom stereocenters. The lowest BCUT2D eigenvalue weighted by Gasteiger charge is -2.06. The Bertz CT molecular complexity index is 545. The Hall–Kier alpha value is -2.05. The van der Waals surface area contributed by atoms with E-state index in [1.807, 2.05) is 29.7 Å². The summed E-state index contributed by atoms with van der Waals surface area (Å²) < 4.78 is 12.2. The number of nitrogens with zero attached hydrogens (tertiary/aromatic N) is 1. The molecule has 0 bridgehead atoms. The third kappa shape index (κ3) is 2.74. The van der Waals surface area contributed by atoms with Crippen LogP contribution in [0, 0.1) is 0 Å². The highest BCUT2D eigenvalue weighted by molar-refractivity contribution is 5.96. The van der Waals surface area contributed by atoms with Crippen molar-refractivity contribution >= 4 is 16.8 Å². The standard InChI is InChI=1S/C11H10FN3O2/c12-11(13)17-15-10(16)8-5-7-3-1-2-4-9(7)14-6-8/h1-6,11H,13H2,(H,15,16). The van der Waals surface area contributed by atoms with Crippen LogP contribution in [0.15, 0.2) is 36.5 Å². The highest BCUT2D eigenvalue weighted by Gasteiger charge is 2.08. The van der Waals surface area contributed by atoms with E-state index in [9.17, 15) is 9.18 Å². The smallest absolute Gasteiger partial charge is 0.276 e. The monoisotopic (exact) mass is 235 g/mol. The molecule has 0 aliphatic rings. The van der Waals surface area contributed by atoms with Gasteiger partial charge in [-0.2, -0.15) is 4.39 Å². The zero-order chi connectivity index (χ0) is 12.3. The lowest BCUT2D eigenvalue weighted by atomic mass is 10.1. The van der Waals surface area contributed by atoms with Gasteiger partial charge in [-0.25, -0.2) is 10.3 Å². The number of pyridine rings is 1. The van der Waals surface area contributed by atoms with Gasteiger partial charge in [0.25, 0.3) is 12.4 Å². The molecule has 0 fully saturated rings. The van der Waals surface area contributed by atoms with Crippen molar-refractivity contribution in [3.63, 3.8) is 0 Å². The Balaban J connectivity index is 2.21. The maximum Gasteiger partial charge on any atom is 0.276 e. The van der Waals surface area contributed by atoms with Crippen molar-refractivity contribution in [2.45, 2.75) is 6.48 Å². The molecule has 88 valence electrons. The number of benzene rings is 1. The molecule has 1 aromatic carbocycles. The third-order valence-electron chi connectivity index (χ3n) is 2.12. The van der Waals surface area contributed by atoms with Crippen LogP contribution in [0.2, 0.25) is 0 Å². The average Bonchev–Trinajstić information content (AvgIpc) is 2.35. The quantitative estimate of drug-likeness (QED) is 0.474. The number of aromatic nitrogens is 1. The average molecular weight is 235 g/mol. The molecule has 1 heterocycles. The highest BCUT2D eigenvalue weighted by atomic mass is 19.1. The number of rotatable bonds is 3. The van der Waals surface area contributed by atoms with Gasteiger partial charge in [0.15, 0.2) is 0 Å². The first kappa shape index (κ1) is 11.4. The van der Waals surface area contributed by atoms with Gasteiger partial charge < -0.3 is 0 Å². The van der Waals surface area contributed by atoms with E-state index in [4.69, 9.17) is 5.73 Å². The third-order valence-corrected chi connectivity index (χ3v) is 2.12. The van der Waals surface area contributed by atoms with E-state index in [1.54, 1.807) is 6.07 Å². The number of hydroxylamine groups is 1. The molecule has 1 aromatic heterocycles. The highest BCUT2D eigenvalue weighted by Crippen LogP contribution is 2.12. The first-order valence-electron chi connectivity index (χ1n) is 4.87. The fourth-order valence-electron chi connectivity index (χ4n) is 1.36. The molecule has 0 saturated carbocycles. The van der Waals surface area contributed by atoms with Crippen molar-refractivity contribution in [1.29, 1.82) is 0 Å². The molecule has 17 heavy (non-hydrogen) atoms. The first-order valence-corrected chi connectivity index (χ1v) is 4.87. The number of fused-ring (bicyclic) bond motifs is 1. The number of para-hydroxylation sites is 1. The van der Waals surface area contributed by atoms with Gasteiger partial charge in [0, 0.05) is 11.6 Å². The molecule has 0 saturated heterocycles. The predicted octanol–water partition coefficient (Wildman–Crippen LogP) is 1.11. The first-order chi connectivity index (χ1) is 8.16. The van der Waals surface area contributed by atoms with E-state index in [-0.39, 0.29) is 5.56 Å². The van der Waals surface area contributed by atoms with Gasteiger partial charge >= 0.3 is 0 Å². The van der Waals surface area contributed by atoms with Crippen molar-refractivity contribution in [2.75, 3.05) is 0 Å². The molecule has 0 radical (unpaired) electrons.